The predicted molar refractivity (Wildman–Crippen MR) is 89.9 cm³/mol. The van der Waals surface area contributed by atoms with Gasteiger partial charge in [-0.05, 0) is 37.0 Å². The third-order valence-electron chi connectivity index (χ3n) is 4.58. The lowest BCUT2D eigenvalue weighted by Gasteiger charge is -2.47. The molecule has 2 atom stereocenters. The van der Waals surface area contributed by atoms with Crippen LogP contribution >= 0.6 is 15.9 Å². The van der Waals surface area contributed by atoms with Crippen molar-refractivity contribution in [1.82, 2.24) is 10.2 Å². The SMILES string of the molecule is CCC1(C)CN(Cc2cccc(Br)c2)C(C(C)C)CN1. The number of hydrogen-bond acceptors (Lipinski definition) is 2. The van der Waals surface area contributed by atoms with E-state index in [1.54, 1.807) is 0 Å². The lowest BCUT2D eigenvalue weighted by Crippen LogP contribution is -2.63. The van der Waals surface area contributed by atoms with Crippen LogP contribution in [0, 0.1) is 5.92 Å². The van der Waals surface area contributed by atoms with Crippen LogP contribution in [0.25, 0.3) is 0 Å². The van der Waals surface area contributed by atoms with Gasteiger partial charge in [-0.15, -0.1) is 0 Å². The number of benzene rings is 1. The van der Waals surface area contributed by atoms with Gasteiger partial charge >= 0.3 is 0 Å². The predicted octanol–water partition coefficient (Wildman–Crippen LogP) is 4.05. The zero-order chi connectivity index (χ0) is 14.8. The zero-order valence-electron chi connectivity index (χ0n) is 13.1. The number of nitrogens with one attached hydrogen (secondary N) is 1. The Bertz CT molecular complexity index is 446. The van der Waals surface area contributed by atoms with E-state index in [9.17, 15) is 0 Å². The fourth-order valence-electron chi connectivity index (χ4n) is 3.04. The van der Waals surface area contributed by atoms with Gasteiger partial charge in [-0.1, -0.05) is 48.8 Å². The van der Waals surface area contributed by atoms with Gasteiger partial charge in [-0.3, -0.25) is 4.90 Å². The summed E-state index contributed by atoms with van der Waals surface area (Å²) in [6, 6.07) is 9.31. The van der Waals surface area contributed by atoms with Crippen LogP contribution in [0.2, 0.25) is 0 Å². The fourth-order valence-corrected chi connectivity index (χ4v) is 3.49. The molecule has 1 N–H and O–H groups in total. The minimum absolute atomic E-state index is 0.247. The van der Waals surface area contributed by atoms with Crippen molar-refractivity contribution in [3.05, 3.63) is 34.3 Å². The first-order valence-corrected chi connectivity index (χ1v) is 8.46. The molecule has 0 radical (unpaired) electrons. The van der Waals surface area contributed by atoms with Crippen LogP contribution in [0.15, 0.2) is 28.7 Å². The molecule has 0 saturated carbocycles. The van der Waals surface area contributed by atoms with Crippen molar-refractivity contribution in [3.8, 4) is 0 Å². The number of piperazine rings is 1. The minimum atomic E-state index is 0.247. The molecule has 0 aliphatic carbocycles. The maximum absolute atomic E-state index is 3.75. The molecule has 2 unspecified atom stereocenters. The van der Waals surface area contributed by atoms with E-state index < -0.39 is 0 Å². The fraction of sp³-hybridized carbons (Fsp3) is 0.647. The van der Waals surface area contributed by atoms with Crippen LogP contribution in [0.5, 0.6) is 0 Å². The van der Waals surface area contributed by atoms with Gasteiger partial charge in [-0.2, -0.15) is 0 Å². The molecule has 0 amide bonds. The summed E-state index contributed by atoms with van der Waals surface area (Å²) in [5.74, 6) is 0.677. The summed E-state index contributed by atoms with van der Waals surface area (Å²) >= 11 is 3.58. The molecule has 1 saturated heterocycles. The van der Waals surface area contributed by atoms with Gasteiger partial charge in [0, 0.05) is 35.7 Å². The van der Waals surface area contributed by atoms with Gasteiger partial charge < -0.3 is 5.32 Å². The summed E-state index contributed by atoms with van der Waals surface area (Å²) in [4.78, 5) is 2.66. The summed E-state index contributed by atoms with van der Waals surface area (Å²) in [7, 11) is 0. The monoisotopic (exact) mass is 338 g/mol. The Labute approximate surface area is 132 Å². The van der Waals surface area contributed by atoms with Gasteiger partial charge in [0.15, 0.2) is 0 Å². The Hall–Kier alpha value is -0.380. The molecule has 0 bridgehead atoms. The van der Waals surface area contributed by atoms with E-state index in [1.165, 1.54) is 16.5 Å². The van der Waals surface area contributed by atoms with Crippen molar-refractivity contribution >= 4 is 15.9 Å². The topological polar surface area (TPSA) is 15.3 Å². The van der Waals surface area contributed by atoms with Crippen molar-refractivity contribution in [3.63, 3.8) is 0 Å². The average Bonchev–Trinajstić information content (AvgIpc) is 2.38. The van der Waals surface area contributed by atoms with Gasteiger partial charge in [0.2, 0.25) is 0 Å². The number of hydrogen-bond donors (Lipinski definition) is 1. The van der Waals surface area contributed by atoms with Gasteiger partial charge in [0.05, 0.1) is 0 Å². The molecule has 1 aliphatic heterocycles. The summed E-state index contributed by atoms with van der Waals surface area (Å²) in [5, 5.41) is 3.75. The van der Waals surface area contributed by atoms with E-state index in [0.29, 0.717) is 12.0 Å². The summed E-state index contributed by atoms with van der Waals surface area (Å²) < 4.78 is 1.17. The molecule has 20 heavy (non-hydrogen) atoms. The van der Waals surface area contributed by atoms with Crippen molar-refractivity contribution in [2.45, 2.75) is 52.2 Å². The number of halogens is 1. The number of nitrogens with zero attached hydrogens (tertiary/aromatic N) is 1. The van der Waals surface area contributed by atoms with Crippen LogP contribution in [0.1, 0.15) is 39.7 Å². The third kappa shape index (κ3) is 3.84. The van der Waals surface area contributed by atoms with Crippen molar-refractivity contribution in [2.75, 3.05) is 13.1 Å². The molecule has 112 valence electrons. The summed E-state index contributed by atoms with van der Waals surface area (Å²) in [6.07, 6.45) is 1.17. The molecule has 1 aromatic carbocycles. The van der Waals surface area contributed by atoms with E-state index in [0.717, 1.165) is 19.6 Å². The minimum Gasteiger partial charge on any atom is -0.309 e. The first-order chi connectivity index (χ1) is 9.43. The molecule has 1 fully saturated rings. The van der Waals surface area contributed by atoms with Crippen molar-refractivity contribution in [2.24, 2.45) is 5.92 Å². The molecule has 1 aliphatic rings. The lowest BCUT2D eigenvalue weighted by atomic mass is 9.89. The number of rotatable bonds is 4. The Balaban J connectivity index is 2.15. The highest BCUT2D eigenvalue weighted by molar-refractivity contribution is 9.10. The van der Waals surface area contributed by atoms with Crippen LogP contribution in [0.3, 0.4) is 0 Å². The third-order valence-corrected chi connectivity index (χ3v) is 5.08. The van der Waals surface area contributed by atoms with Gasteiger partial charge in [0.1, 0.15) is 0 Å². The van der Waals surface area contributed by atoms with Crippen LogP contribution in [-0.4, -0.2) is 29.6 Å². The molecular formula is C17H27BrN2. The molecule has 3 heteroatoms. The van der Waals surface area contributed by atoms with Gasteiger partial charge in [-0.25, -0.2) is 0 Å². The van der Waals surface area contributed by atoms with Crippen LogP contribution in [0.4, 0.5) is 0 Å². The Kier molecular flexibility index (Phi) is 5.27. The van der Waals surface area contributed by atoms with E-state index in [1.807, 2.05) is 0 Å². The first-order valence-electron chi connectivity index (χ1n) is 7.67. The zero-order valence-corrected chi connectivity index (χ0v) is 14.7. The molecule has 1 aromatic rings. The molecule has 0 spiro atoms. The summed E-state index contributed by atoms with van der Waals surface area (Å²) in [6.45, 7) is 12.5. The van der Waals surface area contributed by atoms with Crippen molar-refractivity contribution in [1.29, 1.82) is 0 Å². The maximum Gasteiger partial charge on any atom is 0.0278 e. The second-order valence-electron chi connectivity index (χ2n) is 6.64. The highest BCUT2D eigenvalue weighted by Crippen LogP contribution is 2.25. The Morgan fingerprint density at radius 1 is 1.45 bits per heavy atom. The quantitative estimate of drug-likeness (QED) is 0.890. The summed E-state index contributed by atoms with van der Waals surface area (Å²) in [5.41, 5.74) is 1.64. The second kappa shape index (κ2) is 6.59. The normalized spacial score (nSPS) is 28.0. The molecule has 1 heterocycles. The van der Waals surface area contributed by atoms with Crippen LogP contribution in [-0.2, 0) is 6.54 Å². The molecule has 2 rings (SSSR count). The highest BCUT2D eigenvalue weighted by atomic mass is 79.9. The van der Waals surface area contributed by atoms with Crippen LogP contribution < -0.4 is 5.32 Å². The molecular weight excluding hydrogens is 312 g/mol. The van der Waals surface area contributed by atoms with E-state index in [-0.39, 0.29) is 5.54 Å². The van der Waals surface area contributed by atoms with Gasteiger partial charge in [0.25, 0.3) is 0 Å². The first kappa shape index (κ1) is 16.0. The highest BCUT2D eigenvalue weighted by Gasteiger charge is 2.35. The van der Waals surface area contributed by atoms with E-state index in [2.05, 4.69) is 78.1 Å². The average molecular weight is 339 g/mol. The maximum atomic E-state index is 3.75. The van der Waals surface area contributed by atoms with Crippen molar-refractivity contribution < 1.29 is 0 Å². The smallest absolute Gasteiger partial charge is 0.0278 e. The standard InChI is InChI=1S/C17H27BrN2/c1-5-17(4)12-20(16(10-19-17)13(2)3)11-14-7-6-8-15(18)9-14/h6-9,13,16,19H,5,10-12H2,1-4H3. The van der Waals surface area contributed by atoms with E-state index in [4.69, 9.17) is 0 Å². The molecule has 0 aromatic heterocycles. The Morgan fingerprint density at radius 3 is 2.80 bits per heavy atom. The second-order valence-corrected chi connectivity index (χ2v) is 7.56. The molecule has 2 nitrogen and oxygen atoms in total. The van der Waals surface area contributed by atoms with E-state index >= 15 is 0 Å². The largest absolute Gasteiger partial charge is 0.309 e. The lowest BCUT2D eigenvalue weighted by molar-refractivity contribution is 0.0539. The Morgan fingerprint density at radius 2 is 2.20 bits per heavy atom.